The van der Waals surface area contributed by atoms with Crippen molar-refractivity contribution in [3.05, 3.63) is 0 Å². The zero-order chi connectivity index (χ0) is 6.69. The van der Waals surface area contributed by atoms with Gasteiger partial charge in [0.1, 0.15) is 0 Å². The fraction of sp³-hybridized carbons (Fsp3) is 1.00. The minimum absolute atomic E-state index is 0. The van der Waals surface area contributed by atoms with Crippen molar-refractivity contribution in [2.75, 3.05) is 20.1 Å². The van der Waals surface area contributed by atoms with E-state index in [2.05, 4.69) is 17.4 Å². The number of halogens is 2. The fourth-order valence-corrected chi connectivity index (χ4v) is 1.18. The molecule has 0 radical (unpaired) electrons. The standard InChI is InChI=1S/C6H15N3.2ClH/c1-9-4-2-6(8-7)3-5-9;;/h6,8H,2-5,7H2,1H3;2*1H. The summed E-state index contributed by atoms with van der Waals surface area (Å²) in [6, 6.07) is 0.557. The van der Waals surface area contributed by atoms with Crippen molar-refractivity contribution in [2.24, 2.45) is 5.84 Å². The minimum Gasteiger partial charge on any atom is -0.306 e. The summed E-state index contributed by atoms with van der Waals surface area (Å²) in [7, 11) is 2.15. The van der Waals surface area contributed by atoms with Crippen molar-refractivity contribution in [1.82, 2.24) is 10.3 Å². The molecular weight excluding hydrogens is 185 g/mol. The Labute approximate surface area is 80.5 Å². The normalized spacial score (nSPS) is 20.2. The third-order valence-corrected chi connectivity index (χ3v) is 1.95. The molecule has 0 unspecified atom stereocenters. The largest absolute Gasteiger partial charge is 0.306 e. The average molecular weight is 202 g/mol. The van der Waals surface area contributed by atoms with Crippen LogP contribution in [0.25, 0.3) is 0 Å². The maximum atomic E-state index is 5.28. The van der Waals surface area contributed by atoms with Gasteiger partial charge >= 0.3 is 0 Å². The van der Waals surface area contributed by atoms with E-state index in [0.717, 1.165) is 0 Å². The van der Waals surface area contributed by atoms with Crippen LogP contribution in [0.2, 0.25) is 0 Å². The molecule has 0 aromatic carbocycles. The number of nitrogens with two attached hydrogens (primary N) is 1. The smallest absolute Gasteiger partial charge is 0.0234 e. The van der Waals surface area contributed by atoms with Gasteiger partial charge in [-0.3, -0.25) is 11.3 Å². The Morgan fingerprint density at radius 1 is 1.27 bits per heavy atom. The van der Waals surface area contributed by atoms with Gasteiger partial charge in [0.15, 0.2) is 0 Å². The first-order valence-corrected chi connectivity index (χ1v) is 3.47. The highest BCUT2D eigenvalue weighted by molar-refractivity contribution is 5.85. The molecule has 1 rings (SSSR count). The van der Waals surface area contributed by atoms with Crippen LogP contribution >= 0.6 is 24.8 Å². The SMILES string of the molecule is CN1CCC(NN)CC1.Cl.Cl. The second-order valence-electron chi connectivity index (χ2n) is 2.74. The quantitative estimate of drug-likeness (QED) is 0.477. The molecule has 11 heavy (non-hydrogen) atoms. The topological polar surface area (TPSA) is 41.3 Å². The fourth-order valence-electron chi connectivity index (χ4n) is 1.18. The van der Waals surface area contributed by atoms with Crippen molar-refractivity contribution < 1.29 is 0 Å². The zero-order valence-electron chi connectivity index (χ0n) is 6.75. The lowest BCUT2D eigenvalue weighted by Gasteiger charge is -2.28. The monoisotopic (exact) mass is 201 g/mol. The van der Waals surface area contributed by atoms with E-state index < -0.39 is 0 Å². The number of hydrazine groups is 1. The first kappa shape index (κ1) is 14.0. The van der Waals surface area contributed by atoms with Gasteiger partial charge in [-0.05, 0) is 33.0 Å². The van der Waals surface area contributed by atoms with Gasteiger partial charge in [-0.2, -0.15) is 0 Å². The molecule has 5 heteroatoms. The van der Waals surface area contributed by atoms with E-state index in [0.29, 0.717) is 6.04 Å². The van der Waals surface area contributed by atoms with E-state index in [1.54, 1.807) is 0 Å². The van der Waals surface area contributed by atoms with Crippen molar-refractivity contribution in [1.29, 1.82) is 0 Å². The van der Waals surface area contributed by atoms with E-state index in [-0.39, 0.29) is 24.8 Å². The molecule has 3 N–H and O–H groups in total. The summed E-state index contributed by atoms with van der Waals surface area (Å²) in [6.07, 6.45) is 2.38. The van der Waals surface area contributed by atoms with Crippen LogP contribution in [0.15, 0.2) is 0 Å². The molecule has 0 atom stereocenters. The molecule has 0 bridgehead atoms. The van der Waals surface area contributed by atoms with Crippen LogP contribution in [0.3, 0.4) is 0 Å². The number of piperidine rings is 1. The third-order valence-electron chi connectivity index (χ3n) is 1.95. The van der Waals surface area contributed by atoms with Gasteiger partial charge in [0.25, 0.3) is 0 Å². The molecular formula is C6H17Cl2N3. The molecule has 0 spiro atoms. The van der Waals surface area contributed by atoms with E-state index in [4.69, 9.17) is 5.84 Å². The molecule has 1 fully saturated rings. The summed E-state index contributed by atoms with van der Waals surface area (Å²) in [5, 5.41) is 0. The van der Waals surface area contributed by atoms with E-state index in [1.165, 1.54) is 25.9 Å². The highest BCUT2D eigenvalue weighted by atomic mass is 35.5. The van der Waals surface area contributed by atoms with Crippen LogP contribution in [0, 0.1) is 0 Å². The maximum Gasteiger partial charge on any atom is 0.0234 e. The van der Waals surface area contributed by atoms with E-state index in [1.807, 2.05) is 0 Å². The van der Waals surface area contributed by atoms with Crippen LogP contribution in [-0.4, -0.2) is 31.1 Å². The van der Waals surface area contributed by atoms with Gasteiger partial charge < -0.3 is 4.90 Å². The molecule has 1 heterocycles. The summed E-state index contributed by atoms with van der Waals surface area (Å²) in [5.74, 6) is 5.28. The molecule has 1 aliphatic heterocycles. The van der Waals surface area contributed by atoms with Gasteiger partial charge in [0.05, 0.1) is 0 Å². The Morgan fingerprint density at radius 3 is 2.09 bits per heavy atom. The molecule has 0 aromatic heterocycles. The zero-order valence-corrected chi connectivity index (χ0v) is 8.38. The number of nitrogens with zero attached hydrogens (tertiary/aromatic N) is 1. The molecule has 1 aliphatic rings. The molecule has 1 saturated heterocycles. The van der Waals surface area contributed by atoms with Crippen molar-refractivity contribution in [3.63, 3.8) is 0 Å². The maximum absolute atomic E-state index is 5.28. The van der Waals surface area contributed by atoms with Crippen LogP contribution in [0.4, 0.5) is 0 Å². The second-order valence-corrected chi connectivity index (χ2v) is 2.74. The van der Waals surface area contributed by atoms with Crippen LogP contribution in [0.1, 0.15) is 12.8 Å². The van der Waals surface area contributed by atoms with E-state index >= 15 is 0 Å². The number of hydrogen-bond donors (Lipinski definition) is 2. The Kier molecular flexibility index (Phi) is 9.08. The van der Waals surface area contributed by atoms with Crippen LogP contribution < -0.4 is 11.3 Å². The molecule has 0 aliphatic carbocycles. The van der Waals surface area contributed by atoms with Crippen molar-refractivity contribution in [2.45, 2.75) is 18.9 Å². The molecule has 0 aromatic rings. The van der Waals surface area contributed by atoms with Gasteiger partial charge in [0, 0.05) is 6.04 Å². The Bertz CT molecular complexity index is 83.9. The number of nitrogens with one attached hydrogen (secondary N) is 1. The third kappa shape index (κ3) is 4.82. The van der Waals surface area contributed by atoms with E-state index in [9.17, 15) is 0 Å². The van der Waals surface area contributed by atoms with Gasteiger partial charge in [-0.1, -0.05) is 0 Å². The second kappa shape index (κ2) is 7.13. The van der Waals surface area contributed by atoms with Crippen molar-refractivity contribution >= 4 is 24.8 Å². The predicted octanol–water partition coefficient (Wildman–Crippen LogP) is 0.388. The lowest BCUT2D eigenvalue weighted by molar-refractivity contribution is 0.236. The van der Waals surface area contributed by atoms with Gasteiger partial charge in [0.2, 0.25) is 0 Å². The molecule has 0 amide bonds. The first-order chi connectivity index (χ1) is 4.33. The number of likely N-dealkylation sites (tertiary alicyclic amines) is 1. The summed E-state index contributed by atoms with van der Waals surface area (Å²) in [4.78, 5) is 2.33. The summed E-state index contributed by atoms with van der Waals surface area (Å²) >= 11 is 0. The van der Waals surface area contributed by atoms with Crippen LogP contribution in [-0.2, 0) is 0 Å². The Morgan fingerprint density at radius 2 is 1.73 bits per heavy atom. The summed E-state index contributed by atoms with van der Waals surface area (Å²) < 4.78 is 0. The van der Waals surface area contributed by atoms with Gasteiger partial charge in [-0.25, -0.2) is 0 Å². The number of hydrogen-bond acceptors (Lipinski definition) is 3. The highest BCUT2D eigenvalue weighted by Gasteiger charge is 2.13. The minimum atomic E-state index is 0. The molecule has 0 saturated carbocycles. The summed E-state index contributed by atoms with van der Waals surface area (Å²) in [6.45, 7) is 2.35. The first-order valence-electron chi connectivity index (χ1n) is 3.47. The lowest BCUT2D eigenvalue weighted by Crippen LogP contribution is -2.43. The van der Waals surface area contributed by atoms with Gasteiger partial charge in [-0.15, -0.1) is 24.8 Å². The molecule has 3 nitrogen and oxygen atoms in total. The predicted molar refractivity (Wildman–Crippen MR) is 52.3 cm³/mol. The summed E-state index contributed by atoms with van der Waals surface area (Å²) in [5.41, 5.74) is 2.80. The average Bonchev–Trinajstić information content (AvgIpc) is 1.90. The Hall–Kier alpha value is 0.460. The number of rotatable bonds is 1. The lowest BCUT2D eigenvalue weighted by atomic mass is 10.1. The van der Waals surface area contributed by atoms with Crippen molar-refractivity contribution in [3.8, 4) is 0 Å². The Balaban J connectivity index is 0. The van der Waals surface area contributed by atoms with Crippen LogP contribution in [0.5, 0.6) is 0 Å². The highest BCUT2D eigenvalue weighted by Crippen LogP contribution is 2.06. The molecule has 70 valence electrons.